The van der Waals surface area contributed by atoms with Gasteiger partial charge in [0.05, 0.1) is 32.3 Å². The second-order valence-electron chi connectivity index (χ2n) is 17.2. The molecule has 9 heteroatoms. The molecular formula is C40H65N3O6+2. The number of aliphatic hydroxyl groups excluding tert-OH is 1. The van der Waals surface area contributed by atoms with Crippen molar-refractivity contribution < 1.29 is 39.6 Å². The molecule has 2 heterocycles. The van der Waals surface area contributed by atoms with Crippen molar-refractivity contribution in [2.75, 3.05) is 26.3 Å². The number of hydrogen-bond acceptors (Lipinski definition) is 7. The number of ketones is 2. The van der Waals surface area contributed by atoms with Crippen LogP contribution in [-0.2, 0) is 23.9 Å². The molecule has 0 aromatic heterocycles. The predicted octanol–water partition coefficient (Wildman–Crippen LogP) is 2.95. The third-order valence-electron chi connectivity index (χ3n) is 13.6. The molecule has 9 nitrogen and oxygen atoms in total. The van der Waals surface area contributed by atoms with Gasteiger partial charge in [-0.25, -0.2) is 4.79 Å². The molecule has 6 aliphatic rings. The number of epoxide rings is 1. The molecule has 0 aromatic carbocycles. The fourth-order valence-electron chi connectivity index (χ4n) is 10.9. The van der Waals surface area contributed by atoms with Crippen molar-refractivity contribution in [3.8, 4) is 0 Å². The first kappa shape index (κ1) is 36.9. The summed E-state index contributed by atoms with van der Waals surface area (Å²) in [6.07, 6.45) is 16.3. The molecular weight excluding hydrogens is 618 g/mol. The number of esters is 1. The lowest BCUT2D eigenvalue weighted by molar-refractivity contribution is -0.699. The second-order valence-corrected chi connectivity index (χ2v) is 17.2. The Morgan fingerprint density at radius 3 is 2.69 bits per heavy atom. The van der Waals surface area contributed by atoms with Gasteiger partial charge >= 0.3 is 5.97 Å². The Morgan fingerprint density at radius 1 is 1.14 bits per heavy atom. The zero-order valence-electron chi connectivity index (χ0n) is 30.7. The summed E-state index contributed by atoms with van der Waals surface area (Å²) in [5, 5.41) is 15.2. The van der Waals surface area contributed by atoms with Gasteiger partial charge in [0.25, 0.3) is 5.60 Å². The van der Waals surface area contributed by atoms with Crippen LogP contribution in [-0.4, -0.2) is 72.4 Å². The van der Waals surface area contributed by atoms with Crippen LogP contribution in [0.5, 0.6) is 0 Å². The number of rotatable bonds is 13. The molecule has 2 saturated heterocycles. The fraction of sp³-hybridized carbons (Fsp3) is 0.825. The molecule has 2 aliphatic heterocycles. The van der Waals surface area contributed by atoms with Gasteiger partial charge in [0.15, 0.2) is 17.2 Å². The number of hydrogen-bond donors (Lipinski definition) is 4. The van der Waals surface area contributed by atoms with E-state index in [4.69, 9.17) is 15.2 Å². The Morgan fingerprint density at radius 2 is 1.96 bits per heavy atom. The van der Waals surface area contributed by atoms with E-state index in [0.29, 0.717) is 41.7 Å². The van der Waals surface area contributed by atoms with Gasteiger partial charge in [0.1, 0.15) is 6.17 Å². The van der Waals surface area contributed by atoms with Crippen molar-refractivity contribution in [2.24, 2.45) is 53.1 Å². The number of ether oxygens (including phenoxy) is 2. The zero-order chi connectivity index (χ0) is 34.9. The lowest BCUT2D eigenvalue weighted by Crippen LogP contribution is -2.94. The van der Waals surface area contributed by atoms with Gasteiger partial charge in [0.2, 0.25) is 0 Å². The van der Waals surface area contributed by atoms with E-state index in [0.717, 1.165) is 89.3 Å². The van der Waals surface area contributed by atoms with E-state index in [-0.39, 0.29) is 49.2 Å². The SMILES string of the molecule is CC[NH2+][C@@H]1C[C@@H]2C=CCC[C@H]2C[C@@H]1COC(=O)[C@]12O[C@@]1(CC(CO)=C(C)CCC1CC[NH2+]C(N)C1)C(=O)C1CCCC(CC(C)C)C1C2=O. The first-order valence-corrected chi connectivity index (χ1v) is 19.9. The largest absolute Gasteiger partial charge is 0.463 e. The minimum Gasteiger partial charge on any atom is -0.463 e. The molecule has 7 N–H and O–H groups in total. The average Bonchev–Trinajstić information content (AvgIpc) is 3.79. The standard InChI is InChI=1S/C40H63N3O6/c1-5-42-33-20-28-10-7-6-9-27(28)19-30(33)23-48-38(47)40-37(46)35-29(17-24(2)3)11-8-12-32(35)36(45)39(40,49-40)21-31(22-44)25(4)13-14-26-15-16-43-34(41)18-26/h7,10,24,26-30,32-35,42-44H,5-6,8-9,11-23,41H2,1-4H3/p+2/t26?,27-,28-,29?,30+,32?,33+,34?,35?,39-,40-/m0/s1. The maximum atomic E-state index is 14.8. The molecule has 5 unspecified atom stereocenters. The maximum Gasteiger partial charge on any atom is 0.350 e. The average molecular weight is 684 g/mol. The topological polar surface area (TPSA) is 152 Å². The number of carbonyl (C=O) groups excluding carboxylic acids is 3. The second kappa shape index (κ2) is 15.4. The van der Waals surface area contributed by atoms with Crippen molar-refractivity contribution in [3.05, 3.63) is 23.3 Å². The third kappa shape index (κ3) is 7.13. The number of quaternary nitrogens is 2. The highest BCUT2D eigenvalue weighted by atomic mass is 16.7. The Balaban J connectivity index is 1.26. The van der Waals surface area contributed by atoms with E-state index in [1.165, 1.54) is 0 Å². The number of fused-ring (bicyclic) bond motifs is 3. The first-order valence-electron chi connectivity index (χ1n) is 19.9. The van der Waals surface area contributed by atoms with Crippen LogP contribution in [0, 0.1) is 47.3 Å². The van der Waals surface area contributed by atoms with E-state index in [1.807, 2.05) is 6.92 Å². The summed E-state index contributed by atoms with van der Waals surface area (Å²) in [4.78, 5) is 44.0. The molecule has 11 atom stereocenters. The third-order valence-corrected chi connectivity index (χ3v) is 13.6. The highest BCUT2D eigenvalue weighted by molar-refractivity contribution is 6.23. The Bertz CT molecular complexity index is 1300. The summed E-state index contributed by atoms with van der Waals surface area (Å²) in [6.45, 7) is 10.5. The predicted molar refractivity (Wildman–Crippen MR) is 187 cm³/mol. The van der Waals surface area contributed by atoms with Gasteiger partial charge < -0.3 is 25.2 Å². The van der Waals surface area contributed by atoms with E-state index in [9.17, 15) is 19.5 Å². The number of piperidine rings is 1. The molecule has 0 aromatic rings. The Labute approximate surface area is 294 Å². The van der Waals surface area contributed by atoms with Crippen LogP contribution in [0.1, 0.15) is 111 Å². The quantitative estimate of drug-likeness (QED) is 0.101. The Kier molecular flexibility index (Phi) is 11.6. The maximum absolute atomic E-state index is 14.8. The van der Waals surface area contributed by atoms with Crippen LogP contribution in [0.25, 0.3) is 0 Å². The number of nitrogens with two attached hydrogens (primary N) is 3. The van der Waals surface area contributed by atoms with Crippen LogP contribution < -0.4 is 16.4 Å². The highest BCUT2D eigenvalue weighted by Crippen LogP contribution is 2.63. The number of carbonyl (C=O) groups is 3. The molecule has 0 radical (unpaired) electrons. The van der Waals surface area contributed by atoms with Crippen molar-refractivity contribution in [3.63, 3.8) is 0 Å². The lowest BCUT2D eigenvalue weighted by atomic mass is 9.56. The van der Waals surface area contributed by atoms with Crippen LogP contribution in [0.3, 0.4) is 0 Å². The number of aliphatic hydroxyl groups is 1. The van der Waals surface area contributed by atoms with Gasteiger partial charge in [-0.1, -0.05) is 38.0 Å². The highest BCUT2D eigenvalue weighted by Gasteiger charge is 2.87. The number of Topliss-reactive ketones (excluding diaryl/α,β-unsaturated/α-hetero) is 2. The van der Waals surface area contributed by atoms with E-state index >= 15 is 0 Å². The normalized spacial score (nSPS) is 40.7. The first-order chi connectivity index (χ1) is 23.5. The summed E-state index contributed by atoms with van der Waals surface area (Å²) < 4.78 is 12.6. The van der Waals surface area contributed by atoms with E-state index < -0.39 is 29.0 Å². The van der Waals surface area contributed by atoms with E-state index in [1.54, 1.807) is 0 Å². The molecule has 3 saturated carbocycles. The Hall–Kier alpha value is -1.91. The van der Waals surface area contributed by atoms with Crippen LogP contribution in [0.4, 0.5) is 0 Å². The molecule has 0 spiro atoms. The summed E-state index contributed by atoms with van der Waals surface area (Å²) >= 11 is 0. The van der Waals surface area contributed by atoms with Gasteiger partial charge in [-0.15, -0.1) is 0 Å². The van der Waals surface area contributed by atoms with Crippen molar-refractivity contribution in [1.29, 1.82) is 0 Å². The van der Waals surface area contributed by atoms with E-state index in [2.05, 4.69) is 43.6 Å². The van der Waals surface area contributed by atoms with Gasteiger partial charge in [-0.05, 0) is 107 Å². The summed E-state index contributed by atoms with van der Waals surface area (Å²) in [5.41, 5.74) is 4.41. The molecule has 274 valence electrons. The smallest absolute Gasteiger partial charge is 0.350 e. The van der Waals surface area contributed by atoms with Gasteiger partial charge in [-0.2, -0.15) is 0 Å². The fourth-order valence-corrected chi connectivity index (χ4v) is 10.9. The van der Waals surface area contributed by atoms with Gasteiger partial charge in [-0.3, -0.25) is 15.3 Å². The lowest BCUT2D eigenvalue weighted by Gasteiger charge is -2.42. The summed E-state index contributed by atoms with van der Waals surface area (Å²) in [7, 11) is 0. The molecule has 6 rings (SSSR count). The molecule has 0 bridgehead atoms. The monoisotopic (exact) mass is 683 g/mol. The van der Waals surface area contributed by atoms with Crippen LogP contribution in [0.15, 0.2) is 23.3 Å². The molecule has 5 fully saturated rings. The minimum atomic E-state index is -1.92. The minimum absolute atomic E-state index is 0.0499. The van der Waals surface area contributed by atoms with Crippen molar-refractivity contribution >= 4 is 17.5 Å². The molecule has 4 aliphatic carbocycles. The van der Waals surface area contributed by atoms with Crippen LogP contribution >= 0.6 is 0 Å². The van der Waals surface area contributed by atoms with Crippen LogP contribution in [0.2, 0.25) is 0 Å². The van der Waals surface area contributed by atoms with Crippen molar-refractivity contribution in [2.45, 2.75) is 135 Å². The summed E-state index contributed by atoms with van der Waals surface area (Å²) in [5.74, 6) is 0.277. The molecule has 49 heavy (non-hydrogen) atoms. The van der Waals surface area contributed by atoms with Gasteiger partial charge in [0, 0.05) is 37.0 Å². The molecule has 0 amide bonds. The van der Waals surface area contributed by atoms with Crippen molar-refractivity contribution in [1.82, 2.24) is 0 Å². The number of allylic oxidation sites excluding steroid dienone is 3. The zero-order valence-corrected chi connectivity index (χ0v) is 30.7. The summed E-state index contributed by atoms with van der Waals surface area (Å²) in [6, 6.07) is 0.342.